The Kier molecular flexibility index (Phi) is 3.34. The van der Waals surface area contributed by atoms with Gasteiger partial charge in [-0.15, -0.1) is 11.3 Å². The predicted octanol–water partition coefficient (Wildman–Crippen LogP) is 4.04. The van der Waals surface area contributed by atoms with Crippen LogP contribution in [0.25, 0.3) is 0 Å². The van der Waals surface area contributed by atoms with Gasteiger partial charge in [0.2, 0.25) is 0 Å². The van der Waals surface area contributed by atoms with Gasteiger partial charge < -0.3 is 5.11 Å². The summed E-state index contributed by atoms with van der Waals surface area (Å²) in [6, 6.07) is 5.77. The van der Waals surface area contributed by atoms with E-state index in [-0.39, 0.29) is 10.0 Å². The van der Waals surface area contributed by atoms with Gasteiger partial charge in [0.05, 0.1) is 10.0 Å². The first-order valence-corrected chi connectivity index (χ1v) is 6.52. The van der Waals surface area contributed by atoms with Gasteiger partial charge in [-0.05, 0) is 46.4 Å². The lowest BCUT2D eigenvalue weighted by molar-refractivity contribution is 0.0971. The number of hydrogen-bond acceptors (Lipinski definition) is 2. The molecule has 1 aromatic carbocycles. The van der Waals surface area contributed by atoms with Crippen molar-refractivity contribution in [2.75, 3.05) is 0 Å². The maximum absolute atomic E-state index is 13.9. The molecule has 1 atom stereocenters. The van der Waals surface area contributed by atoms with Crippen LogP contribution in [0.5, 0.6) is 0 Å². The Bertz CT molecular complexity index is 538. The van der Waals surface area contributed by atoms with Crippen molar-refractivity contribution >= 4 is 27.3 Å². The third-order valence-corrected chi connectivity index (χ3v) is 4.22. The largest absolute Gasteiger partial charge is 0.380 e. The molecule has 90 valence electrons. The van der Waals surface area contributed by atoms with Crippen molar-refractivity contribution in [2.24, 2.45) is 0 Å². The molecule has 1 unspecified atom stereocenters. The van der Waals surface area contributed by atoms with Gasteiger partial charge in [0, 0.05) is 4.88 Å². The average Bonchev–Trinajstić information content (AvgIpc) is 2.77. The zero-order valence-corrected chi connectivity index (χ0v) is 11.3. The van der Waals surface area contributed by atoms with Crippen molar-refractivity contribution in [1.29, 1.82) is 0 Å². The molecule has 0 saturated heterocycles. The maximum atomic E-state index is 13.9. The molecule has 0 aliphatic heterocycles. The molecule has 0 saturated carbocycles. The third kappa shape index (κ3) is 2.14. The van der Waals surface area contributed by atoms with E-state index < -0.39 is 17.2 Å². The van der Waals surface area contributed by atoms with Crippen LogP contribution in [0, 0.1) is 11.6 Å². The monoisotopic (exact) mass is 318 g/mol. The first-order chi connectivity index (χ1) is 7.94. The summed E-state index contributed by atoms with van der Waals surface area (Å²) in [6.45, 7) is 1.38. The second-order valence-corrected chi connectivity index (χ2v) is 5.57. The van der Waals surface area contributed by atoms with Gasteiger partial charge in [0.1, 0.15) is 17.2 Å². The zero-order chi connectivity index (χ0) is 12.6. The molecule has 1 N–H and O–H groups in total. The van der Waals surface area contributed by atoms with E-state index in [1.807, 2.05) is 0 Å². The minimum absolute atomic E-state index is 0.130. The Morgan fingerprint density at radius 2 is 2.00 bits per heavy atom. The van der Waals surface area contributed by atoms with Crippen molar-refractivity contribution in [3.05, 3.63) is 56.2 Å². The van der Waals surface area contributed by atoms with E-state index >= 15 is 0 Å². The molecule has 2 aromatic rings. The lowest BCUT2D eigenvalue weighted by Gasteiger charge is -2.24. The van der Waals surface area contributed by atoms with Crippen molar-refractivity contribution in [1.82, 2.24) is 0 Å². The van der Waals surface area contributed by atoms with Crippen molar-refractivity contribution in [3.8, 4) is 0 Å². The summed E-state index contributed by atoms with van der Waals surface area (Å²) in [5.41, 5.74) is -2.01. The zero-order valence-electron chi connectivity index (χ0n) is 8.88. The topological polar surface area (TPSA) is 20.2 Å². The smallest absolute Gasteiger partial charge is 0.146 e. The van der Waals surface area contributed by atoms with Gasteiger partial charge in [0.15, 0.2) is 0 Å². The number of hydrogen-bond donors (Lipinski definition) is 1. The molecule has 0 fully saturated rings. The van der Waals surface area contributed by atoms with Crippen LogP contribution in [0.2, 0.25) is 0 Å². The van der Waals surface area contributed by atoms with Crippen molar-refractivity contribution in [2.45, 2.75) is 12.5 Å². The molecule has 17 heavy (non-hydrogen) atoms. The number of benzene rings is 1. The number of halogens is 3. The molecule has 2 rings (SSSR count). The molecule has 0 bridgehead atoms. The summed E-state index contributed by atoms with van der Waals surface area (Å²) in [5, 5.41) is 12.1. The van der Waals surface area contributed by atoms with Crippen LogP contribution in [0.3, 0.4) is 0 Å². The number of thiophene rings is 1. The lowest BCUT2D eigenvalue weighted by Crippen LogP contribution is -2.25. The summed E-state index contributed by atoms with van der Waals surface area (Å²) in [6.07, 6.45) is 0. The van der Waals surface area contributed by atoms with Crippen LogP contribution < -0.4 is 0 Å². The molecule has 5 heteroatoms. The van der Waals surface area contributed by atoms with E-state index in [0.29, 0.717) is 4.88 Å². The van der Waals surface area contributed by atoms with E-state index in [9.17, 15) is 13.9 Å². The van der Waals surface area contributed by atoms with Gasteiger partial charge in [-0.2, -0.15) is 0 Å². The standard InChI is InChI=1S/C12H9BrF2OS/c1-12(16,9-3-2-6-17-9)10-8(14)5-4-7(13)11(10)15/h2-6,16H,1H3. The van der Waals surface area contributed by atoms with Gasteiger partial charge in [0.25, 0.3) is 0 Å². The van der Waals surface area contributed by atoms with Crippen LogP contribution >= 0.6 is 27.3 Å². The van der Waals surface area contributed by atoms with E-state index in [0.717, 1.165) is 6.07 Å². The first kappa shape index (κ1) is 12.7. The number of rotatable bonds is 2. The highest BCUT2D eigenvalue weighted by molar-refractivity contribution is 9.10. The molecule has 0 spiro atoms. The molecule has 0 radical (unpaired) electrons. The highest BCUT2D eigenvalue weighted by atomic mass is 79.9. The molecule has 1 nitrogen and oxygen atoms in total. The Balaban J connectivity index is 2.65. The fourth-order valence-electron chi connectivity index (χ4n) is 1.65. The van der Waals surface area contributed by atoms with Gasteiger partial charge in [-0.3, -0.25) is 0 Å². The van der Waals surface area contributed by atoms with Crippen molar-refractivity contribution < 1.29 is 13.9 Å². The van der Waals surface area contributed by atoms with Crippen LogP contribution in [-0.2, 0) is 5.60 Å². The van der Waals surface area contributed by atoms with E-state index in [4.69, 9.17) is 0 Å². The molecule has 1 aromatic heterocycles. The van der Waals surface area contributed by atoms with E-state index in [1.165, 1.54) is 24.3 Å². The minimum Gasteiger partial charge on any atom is -0.380 e. The van der Waals surface area contributed by atoms with Gasteiger partial charge in [-0.1, -0.05) is 6.07 Å². The van der Waals surface area contributed by atoms with E-state index in [1.54, 1.807) is 17.5 Å². The highest BCUT2D eigenvalue weighted by Gasteiger charge is 2.33. The first-order valence-electron chi connectivity index (χ1n) is 4.85. The number of aliphatic hydroxyl groups is 1. The Morgan fingerprint density at radius 3 is 2.59 bits per heavy atom. The molecular formula is C12H9BrF2OS. The summed E-state index contributed by atoms with van der Waals surface area (Å²) in [4.78, 5) is 0.494. The Hall–Kier alpha value is -0.780. The third-order valence-electron chi connectivity index (χ3n) is 2.53. The molecular weight excluding hydrogens is 310 g/mol. The summed E-state index contributed by atoms with van der Waals surface area (Å²) >= 11 is 4.24. The molecule has 0 aliphatic rings. The van der Waals surface area contributed by atoms with Gasteiger partial charge >= 0.3 is 0 Å². The van der Waals surface area contributed by atoms with Crippen LogP contribution in [-0.4, -0.2) is 5.11 Å². The lowest BCUT2D eigenvalue weighted by atomic mass is 9.93. The fourth-order valence-corrected chi connectivity index (χ4v) is 2.77. The van der Waals surface area contributed by atoms with Crippen molar-refractivity contribution in [3.63, 3.8) is 0 Å². The molecule has 0 aliphatic carbocycles. The Labute approximate surface area is 110 Å². The summed E-state index contributed by atoms with van der Waals surface area (Å²) < 4.78 is 27.7. The predicted molar refractivity (Wildman–Crippen MR) is 67.0 cm³/mol. The summed E-state index contributed by atoms with van der Waals surface area (Å²) in [7, 11) is 0. The minimum atomic E-state index is -1.67. The maximum Gasteiger partial charge on any atom is 0.146 e. The summed E-state index contributed by atoms with van der Waals surface area (Å²) in [5.74, 6) is -1.53. The Morgan fingerprint density at radius 1 is 1.29 bits per heavy atom. The van der Waals surface area contributed by atoms with Crippen LogP contribution in [0.15, 0.2) is 34.1 Å². The fraction of sp³-hybridized carbons (Fsp3) is 0.167. The molecule has 0 amide bonds. The highest BCUT2D eigenvalue weighted by Crippen LogP contribution is 2.37. The van der Waals surface area contributed by atoms with Crippen LogP contribution in [0.4, 0.5) is 8.78 Å². The van der Waals surface area contributed by atoms with E-state index in [2.05, 4.69) is 15.9 Å². The SMILES string of the molecule is CC(O)(c1cccs1)c1c(F)ccc(Br)c1F. The second-order valence-electron chi connectivity index (χ2n) is 3.77. The van der Waals surface area contributed by atoms with Crippen LogP contribution in [0.1, 0.15) is 17.4 Å². The second kappa shape index (κ2) is 4.48. The van der Waals surface area contributed by atoms with Gasteiger partial charge in [-0.25, -0.2) is 8.78 Å². The average molecular weight is 319 g/mol. The molecule has 1 heterocycles. The normalized spacial score (nSPS) is 14.6. The quantitative estimate of drug-likeness (QED) is 0.828.